The SMILES string of the molecule is Cc1nn(C)c(C)c1/C=C/C(=O)N1CCN(S(=O)(=O)c2ccccc2[N+](=O)[O-])CC1. The minimum absolute atomic E-state index is 0.0684. The zero-order valence-electron chi connectivity index (χ0n) is 17.0. The maximum atomic E-state index is 12.9. The van der Waals surface area contributed by atoms with Gasteiger partial charge in [0.15, 0.2) is 4.90 Å². The van der Waals surface area contributed by atoms with Crippen molar-refractivity contribution >= 4 is 27.7 Å². The van der Waals surface area contributed by atoms with Gasteiger partial charge < -0.3 is 4.90 Å². The molecule has 0 radical (unpaired) electrons. The number of nitro benzene ring substituents is 1. The van der Waals surface area contributed by atoms with Crippen molar-refractivity contribution in [3.05, 3.63) is 57.4 Å². The van der Waals surface area contributed by atoms with Crippen LogP contribution in [-0.4, -0.2) is 64.4 Å². The van der Waals surface area contributed by atoms with E-state index in [0.29, 0.717) is 0 Å². The van der Waals surface area contributed by atoms with Gasteiger partial charge in [0, 0.05) is 56.6 Å². The zero-order valence-corrected chi connectivity index (χ0v) is 17.8. The Labute approximate surface area is 174 Å². The highest BCUT2D eigenvalue weighted by atomic mass is 32.2. The van der Waals surface area contributed by atoms with Crippen molar-refractivity contribution in [2.24, 2.45) is 7.05 Å². The first kappa shape index (κ1) is 21.7. The molecule has 2 heterocycles. The van der Waals surface area contributed by atoms with E-state index >= 15 is 0 Å². The van der Waals surface area contributed by atoms with Crippen LogP contribution in [0.3, 0.4) is 0 Å². The second-order valence-corrected chi connectivity index (χ2v) is 8.90. The topological polar surface area (TPSA) is 119 Å². The normalized spacial score (nSPS) is 15.6. The summed E-state index contributed by atoms with van der Waals surface area (Å²) in [5.41, 5.74) is 2.18. The first-order valence-corrected chi connectivity index (χ1v) is 10.8. The summed E-state index contributed by atoms with van der Waals surface area (Å²) < 4.78 is 28.7. The molecule has 1 aromatic carbocycles. The van der Waals surface area contributed by atoms with Gasteiger partial charge in [-0.1, -0.05) is 12.1 Å². The van der Waals surface area contributed by atoms with Gasteiger partial charge in [-0.15, -0.1) is 0 Å². The summed E-state index contributed by atoms with van der Waals surface area (Å²) in [6, 6.07) is 5.27. The van der Waals surface area contributed by atoms with Crippen molar-refractivity contribution in [3.63, 3.8) is 0 Å². The number of hydrogen-bond donors (Lipinski definition) is 0. The molecule has 30 heavy (non-hydrogen) atoms. The first-order chi connectivity index (χ1) is 14.1. The number of benzene rings is 1. The summed E-state index contributed by atoms with van der Waals surface area (Å²) in [5, 5.41) is 15.5. The summed E-state index contributed by atoms with van der Waals surface area (Å²) in [6.07, 6.45) is 3.18. The maximum Gasteiger partial charge on any atom is 0.289 e. The molecule has 0 aliphatic carbocycles. The van der Waals surface area contributed by atoms with E-state index in [9.17, 15) is 23.3 Å². The summed E-state index contributed by atoms with van der Waals surface area (Å²) >= 11 is 0. The predicted octanol–water partition coefficient (Wildman–Crippen LogP) is 1.49. The number of hydrogen-bond acceptors (Lipinski definition) is 6. The molecule has 0 bridgehead atoms. The van der Waals surface area contributed by atoms with Crippen molar-refractivity contribution in [1.82, 2.24) is 19.0 Å². The molecule has 10 nitrogen and oxygen atoms in total. The molecule has 0 unspecified atom stereocenters. The average Bonchev–Trinajstić information content (AvgIpc) is 2.97. The van der Waals surface area contributed by atoms with Crippen LogP contribution in [-0.2, 0) is 21.9 Å². The molecular weight excluding hydrogens is 410 g/mol. The molecule has 2 aromatic rings. The number of para-hydroxylation sites is 1. The zero-order chi connectivity index (χ0) is 22.1. The lowest BCUT2D eigenvalue weighted by molar-refractivity contribution is -0.387. The van der Waals surface area contributed by atoms with Gasteiger partial charge >= 0.3 is 0 Å². The summed E-state index contributed by atoms with van der Waals surface area (Å²) in [5.74, 6) is -0.222. The van der Waals surface area contributed by atoms with E-state index in [0.717, 1.165) is 17.0 Å². The molecule has 1 amide bonds. The van der Waals surface area contributed by atoms with Crippen LogP contribution in [0.5, 0.6) is 0 Å². The predicted molar refractivity (Wildman–Crippen MR) is 110 cm³/mol. The van der Waals surface area contributed by atoms with E-state index in [1.165, 1.54) is 34.6 Å². The van der Waals surface area contributed by atoms with Crippen LogP contribution in [0, 0.1) is 24.0 Å². The van der Waals surface area contributed by atoms with Crippen LogP contribution in [0.25, 0.3) is 6.08 Å². The van der Waals surface area contributed by atoms with Crippen LogP contribution >= 0.6 is 0 Å². The van der Waals surface area contributed by atoms with Gasteiger partial charge in [0.05, 0.1) is 10.6 Å². The Hall–Kier alpha value is -3.05. The quantitative estimate of drug-likeness (QED) is 0.400. The molecule has 1 fully saturated rings. The van der Waals surface area contributed by atoms with Crippen molar-refractivity contribution in [3.8, 4) is 0 Å². The molecule has 1 aliphatic rings. The average molecular weight is 433 g/mol. The van der Waals surface area contributed by atoms with Crippen LogP contribution < -0.4 is 0 Å². The Morgan fingerprint density at radius 1 is 1.17 bits per heavy atom. The van der Waals surface area contributed by atoms with Crippen molar-refractivity contribution < 1.29 is 18.1 Å². The number of sulfonamides is 1. The Balaban J connectivity index is 1.69. The third-order valence-electron chi connectivity index (χ3n) is 5.19. The number of rotatable bonds is 5. The fourth-order valence-electron chi connectivity index (χ4n) is 3.41. The second kappa shape index (κ2) is 8.36. The van der Waals surface area contributed by atoms with Crippen molar-refractivity contribution in [2.45, 2.75) is 18.7 Å². The van der Waals surface area contributed by atoms with E-state index < -0.39 is 20.6 Å². The molecule has 3 rings (SSSR count). The smallest absolute Gasteiger partial charge is 0.289 e. The fraction of sp³-hybridized carbons (Fsp3) is 0.368. The van der Waals surface area contributed by atoms with Crippen LogP contribution in [0.1, 0.15) is 17.0 Å². The first-order valence-electron chi connectivity index (χ1n) is 9.33. The molecule has 0 N–H and O–H groups in total. The van der Waals surface area contributed by atoms with E-state index in [1.807, 2.05) is 20.9 Å². The molecule has 0 spiro atoms. The van der Waals surface area contributed by atoms with E-state index in [-0.39, 0.29) is 37.0 Å². The minimum atomic E-state index is -4.03. The number of piperazine rings is 1. The Morgan fingerprint density at radius 2 is 1.80 bits per heavy atom. The van der Waals surface area contributed by atoms with Gasteiger partial charge in [0.25, 0.3) is 5.69 Å². The molecule has 0 atom stereocenters. The van der Waals surface area contributed by atoms with Crippen LogP contribution in [0.2, 0.25) is 0 Å². The fourth-order valence-corrected chi connectivity index (χ4v) is 4.98. The Kier molecular flexibility index (Phi) is 6.04. The highest BCUT2D eigenvalue weighted by molar-refractivity contribution is 7.89. The van der Waals surface area contributed by atoms with Gasteiger partial charge in [-0.2, -0.15) is 9.40 Å². The molecule has 1 aliphatic heterocycles. The minimum Gasteiger partial charge on any atom is -0.337 e. The van der Waals surface area contributed by atoms with Crippen LogP contribution in [0.15, 0.2) is 35.2 Å². The standard InChI is InChI=1S/C19H23N5O5S/c1-14-16(15(2)21(3)20-14)8-9-19(25)22-10-12-23(13-11-22)30(28,29)18-7-5-4-6-17(18)24(26)27/h4-9H,10-13H2,1-3H3/b9-8+. The lowest BCUT2D eigenvalue weighted by Gasteiger charge is -2.33. The number of aromatic nitrogens is 2. The number of aryl methyl sites for hydroxylation is 2. The summed E-state index contributed by atoms with van der Waals surface area (Å²) in [7, 11) is -2.19. The highest BCUT2D eigenvalue weighted by Gasteiger charge is 2.34. The third-order valence-corrected chi connectivity index (χ3v) is 7.13. The monoisotopic (exact) mass is 433 g/mol. The number of amides is 1. The molecule has 1 saturated heterocycles. The van der Waals surface area contributed by atoms with Gasteiger partial charge in [-0.25, -0.2) is 8.42 Å². The number of carbonyl (C=O) groups is 1. The lowest BCUT2D eigenvalue weighted by Crippen LogP contribution is -2.50. The highest BCUT2D eigenvalue weighted by Crippen LogP contribution is 2.27. The van der Waals surface area contributed by atoms with E-state index in [4.69, 9.17) is 0 Å². The van der Waals surface area contributed by atoms with E-state index in [2.05, 4.69) is 5.10 Å². The molecular formula is C19H23N5O5S. The van der Waals surface area contributed by atoms with Gasteiger partial charge in [-0.3, -0.25) is 19.6 Å². The Bertz CT molecular complexity index is 1110. The largest absolute Gasteiger partial charge is 0.337 e. The van der Waals surface area contributed by atoms with E-state index in [1.54, 1.807) is 15.7 Å². The third kappa shape index (κ3) is 4.12. The van der Waals surface area contributed by atoms with Gasteiger partial charge in [0.1, 0.15) is 0 Å². The second-order valence-electron chi connectivity index (χ2n) is 7.00. The molecule has 11 heteroatoms. The number of carbonyl (C=O) groups excluding carboxylic acids is 1. The van der Waals surface area contributed by atoms with Crippen molar-refractivity contribution in [2.75, 3.05) is 26.2 Å². The summed E-state index contributed by atoms with van der Waals surface area (Å²) in [6.45, 7) is 4.32. The molecule has 160 valence electrons. The number of nitro groups is 1. The lowest BCUT2D eigenvalue weighted by atomic mass is 10.2. The van der Waals surface area contributed by atoms with Gasteiger partial charge in [-0.05, 0) is 26.0 Å². The van der Waals surface area contributed by atoms with Crippen molar-refractivity contribution in [1.29, 1.82) is 0 Å². The maximum absolute atomic E-state index is 12.9. The van der Waals surface area contributed by atoms with Crippen LogP contribution in [0.4, 0.5) is 5.69 Å². The van der Waals surface area contributed by atoms with Gasteiger partial charge in [0.2, 0.25) is 15.9 Å². The number of nitrogens with zero attached hydrogens (tertiary/aromatic N) is 5. The Morgan fingerprint density at radius 3 is 2.37 bits per heavy atom. The molecule has 1 aromatic heterocycles. The molecule has 0 saturated carbocycles. The summed E-state index contributed by atoms with van der Waals surface area (Å²) in [4.78, 5) is 24.2.